The SMILES string of the molecule is OC1CCNC(Cc2cccc(Sc3ccc4ccccc4n3)c2C(F)(F)F)C1. The van der Waals surface area contributed by atoms with Crippen molar-refractivity contribution in [3.05, 3.63) is 65.7 Å². The molecule has 0 amide bonds. The molecule has 7 heteroatoms. The first kappa shape index (κ1) is 20.2. The van der Waals surface area contributed by atoms with Crippen molar-refractivity contribution in [1.29, 1.82) is 0 Å². The minimum atomic E-state index is -4.47. The van der Waals surface area contributed by atoms with Gasteiger partial charge in [0.25, 0.3) is 0 Å². The molecule has 1 fully saturated rings. The molecule has 0 radical (unpaired) electrons. The topological polar surface area (TPSA) is 45.1 Å². The van der Waals surface area contributed by atoms with Crippen molar-refractivity contribution in [2.45, 2.75) is 47.5 Å². The monoisotopic (exact) mass is 418 g/mol. The summed E-state index contributed by atoms with van der Waals surface area (Å²) in [5.74, 6) is 0. The van der Waals surface area contributed by atoms with Crippen LogP contribution in [0.2, 0.25) is 0 Å². The van der Waals surface area contributed by atoms with Gasteiger partial charge < -0.3 is 10.4 Å². The van der Waals surface area contributed by atoms with Crippen LogP contribution in [0.5, 0.6) is 0 Å². The highest BCUT2D eigenvalue weighted by atomic mass is 32.2. The predicted molar refractivity (Wildman–Crippen MR) is 108 cm³/mol. The smallest absolute Gasteiger partial charge is 0.393 e. The molecule has 1 aliphatic rings. The molecule has 2 aromatic carbocycles. The number of nitrogens with one attached hydrogen (secondary N) is 1. The summed E-state index contributed by atoms with van der Waals surface area (Å²) in [5.41, 5.74) is 0.388. The molecule has 3 aromatic rings. The molecule has 2 N–H and O–H groups in total. The van der Waals surface area contributed by atoms with Crippen LogP contribution in [0.15, 0.2) is 64.5 Å². The van der Waals surface area contributed by atoms with Crippen molar-refractivity contribution >= 4 is 22.7 Å². The predicted octanol–water partition coefficient (Wildman–Crippen LogP) is 5.06. The molecule has 3 nitrogen and oxygen atoms in total. The molecular weight excluding hydrogens is 397 g/mol. The van der Waals surface area contributed by atoms with Crippen LogP contribution in [0.3, 0.4) is 0 Å². The minimum Gasteiger partial charge on any atom is -0.393 e. The Kier molecular flexibility index (Phi) is 5.81. The number of para-hydroxylation sites is 1. The van der Waals surface area contributed by atoms with Gasteiger partial charge in [-0.3, -0.25) is 0 Å². The molecule has 2 unspecified atom stereocenters. The van der Waals surface area contributed by atoms with E-state index in [1.54, 1.807) is 12.1 Å². The van der Waals surface area contributed by atoms with Crippen LogP contribution in [0, 0.1) is 0 Å². The van der Waals surface area contributed by atoms with E-state index in [-0.39, 0.29) is 22.9 Å². The number of piperidine rings is 1. The molecule has 1 aromatic heterocycles. The van der Waals surface area contributed by atoms with E-state index in [4.69, 9.17) is 0 Å². The summed E-state index contributed by atoms with van der Waals surface area (Å²) in [6.07, 6.45) is -3.61. The Hall–Kier alpha value is -2.09. The van der Waals surface area contributed by atoms with Gasteiger partial charge in [-0.15, -0.1) is 0 Å². The molecule has 0 spiro atoms. The fourth-order valence-corrected chi connectivity index (χ4v) is 4.78. The van der Waals surface area contributed by atoms with Gasteiger partial charge in [0.05, 0.1) is 17.2 Å². The third-order valence-corrected chi connectivity index (χ3v) is 6.11. The van der Waals surface area contributed by atoms with E-state index in [2.05, 4.69) is 10.3 Å². The van der Waals surface area contributed by atoms with E-state index in [1.807, 2.05) is 30.3 Å². The number of benzene rings is 2. The van der Waals surface area contributed by atoms with Crippen molar-refractivity contribution in [1.82, 2.24) is 10.3 Å². The van der Waals surface area contributed by atoms with Crippen LogP contribution in [0.25, 0.3) is 10.9 Å². The number of alkyl halides is 3. The highest BCUT2D eigenvalue weighted by Gasteiger charge is 2.37. The zero-order chi connectivity index (χ0) is 20.4. The van der Waals surface area contributed by atoms with Crippen LogP contribution in [-0.2, 0) is 12.6 Å². The highest BCUT2D eigenvalue weighted by Crippen LogP contribution is 2.42. The number of hydrogen-bond acceptors (Lipinski definition) is 4. The summed E-state index contributed by atoms with van der Waals surface area (Å²) < 4.78 is 42.0. The number of halogens is 3. The number of pyridine rings is 1. The van der Waals surface area contributed by atoms with Gasteiger partial charge in [-0.1, -0.05) is 48.2 Å². The fraction of sp³-hybridized carbons (Fsp3) is 0.318. The van der Waals surface area contributed by atoms with Gasteiger partial charge in [-0.25, -0.2) is 4.98 Å². The Bertz CT molecular complexity index is 1010. The molecular formula is C22H21F3N2OS. The maximum atomic E-state index is 14.0. The zero-order valence-electron chi connectivity index (χ0n) is 15.6. The molecule has 1 aliphatic heterocycles. The number of fused-ring (bicyclic) bond motifs is 1. The van der Waals surface area contributed by atoms with E-state index in [1.165, 1.54) is 12.1 Å². The summed E-state index contributed by atoms with van der Waals surface area (Å²) in [5, 5.41) is 14.5. The van der Waals surface area contributed by atoms with E-state index in [0.29, 0.717) is 24.4 Å². The van der Waals surface area contributed by atoms with Crippen LogP contribution in [0.1, 0.15) is 24.0 Å². The Labute approximate surface area is 171 Å². The first-order chi connectivity index (χ1) is 13.9. The quantitative estimate of drug-likeness (QED) is 0.622. The maximum Gasteiger partial charge on any atom is 0.417 e. The minimum absolute atomic E-state index is 0.147. The van der Waals surface area contributed by atoms with Crippen molar-refractivity contribution in [2.75, 3.05) is 6.54 Å². The molecule has 29 heavy (non-hydrogen) atoms. The van der Waals surface area contributed by atoms with Gasteiger partial charge in [-0.2, -0.15) is 13.2 Å². The number of hydrogen-bond donors (Lipinski definition) is 2. The van der Waals surface area contributed by atoms with Gasteiger partial charge >= 0.3 is 6.18 Å². The lowest BCUT2D eigenvalue weighted by molar-refractivity contribution is -0.140. The summed E-state index contributed by atoms with van der Waals surface area (Å²) >= 11 is 1.03. The molecule has 2 atom stereocenters. The number of aliphatic hydroxyl groups excluding tert-OH is 1. The lowest BCUT2D eigenvalue weighted by Gasteiger charge is -2.28. The van der Waals surface area contributed by atoms with Crippen molar-refractivity contribution in [2.24, 2.45) is 0 Å². The second-order valence-corrected chi connectivity index (χ2v) is 8.33. The summed E-state index contributed by atoms with van der Waals surface area (Å²) in [4.78, 5) is 4.65. The number of aromatic nitrogens is 1. The van der Waals surface area contributed by atoms with E-state index in [9.17, 15) is 18.3 Å². The maximum absolute atomic E-state index is 14.0. The van der Waals surface area contributed by atoms with Gasteiger partial charge in [0.1, 0.15) is 5.03 Å². The van der Waals surface area contributed by atoms with Crippen LogP contribution in [-0.4, -0.2) is 28.8 Å². The Morgan fingerprint density at radius 1 is 1.07 bits per heavy atom. The lowest BCUT2D eigenvalue weighted by Crippen LogP contribution is -2.41. The summed E-state index contributed by atoms with van der Waals surface area (Å²) in [7, 11) is 0. The normalized spacial score (nSPS) is 20.1. The standard InChI is InChI=1S/C22H21F3N2OS/c23-22(24,25)21-15(12-16-13-17(28)10-11-26-16)5-3-7-19(21)29-20-9-8-14-4-1-2-6-18(14)27-20/h1-9,16-17,26,28H,10-13H2. The van der Waals surface area contributed by atoms with E-state index >= 15 is 0 Å². The third kappa shape index (κ3) is 4.74. The van der Waals surface area contributed by atoms with E-state index < -0.39 is 17.8 Å². The van der Waals surface area contributed by atoms with Gasteiger partial charge in [0.15, 0.2) is 0 Å². The molecule has 0 saturated carbocycles. The summed E-state index contributed by atoms with van der Waals surface area (Å²) in [6.45, 7) is 0.614. The van der Waals surface area contributed by atoms with E-state index in [0.717, 1.165) is 22.7 Å². The zero-order valence-corrected chi connectivity index (χ0v) is 16.4. The van der Waals surface area contributed by atoms with Crippen molar-refractivity contribution in [3.63, 3.8) is 0 Å². The molecule has 4 rings (SSSR count). The average molecular weight is 418 g/mol. The lowest BCUT2D eigenvalue weighted by atomic mass is 9.93. The summed E-state index contributed by atoms with van der Waals surface area (Å²) in [6, 6.07) is 15.7. The molecule has 0 aliphatic carbocycles. The van der Waals surface area contributed by atoms with Gasteiger partial charge in [0, 0.05) is 16.3 Å². The second kappa shape index (κ2) is 8.34. The number of nitrogens with zero attached hydrogens (tertiary/aromatic N) is 1. The van der Waals surface area contributed by atoms with Crippen molar-refractivity contribution < 1.29 is 18.3 Å². The first-order valence-corrected chi connectivity index (χ1v) is 10.4. The van der Waals surface area contributed by atoms with Crippen LogP contribution >= 0.6 is 11.8 Å². The Balaban J connectivity index is 1.66. The van der Waals surface area contributed by atoms with Crippen molar-refractivity contribution in [3.8, 4) is 0 Å². The van der Waals surface area contributed by atoms with Crippen LogP contribution < -0.4 is 5.32 Å². The average Bonchev–Trinajstić information content (AvgIpc) is 2.67. The number of aliphatic hydroxyl groups is 1. The highest BCUT2D eigenvalue weighted by molar-refractivity contribution is 7.99. The second-order valence-electron chi connectivity index (χ2n) is 7.27. The number of rotatable bonds is 4. The largest absolute Gasteiger partial charge is 0.417 e. The molecule has 2 heterocycles. The van der Waals surface area contributed by atoms with Crippen LogP contribution in [0.4, 0.5) is 13.2 Å². The molecule has 152 valence electrons. The molecule has 1 saturated heterocycles. The third-order valence-electron chi connectivity index (χ3n) is 5.12. The Morgan fingerprint density at radius 2 is 1.90 bits per heavy atom. The first-order valence-electron chi connectivity index (χ1n) is 9.54. The Morgan fingerprint density at radius 3 is 2.69 bits per heavy atom. The van der Waals surface area contributed by atoms with Gasteiger partial charge in [0.2, 0.25) is 0 Å². The molecule has 0 bridgehead atoms. The fourth-order valence-electron chi connectivity index (χ4n) is 3.77. The van der Waals surface area contributed by atoms with Gasteiger partial charge in [-0.05, 0) is 49.6 Å².